The second kappa shape index (κ2) is 11.4. The number of amides is 3. The molecule has 0 saturated carbocycles. The van der Waals surface area contributed by atoms with E-state index in [2.05, 4.69) is 15.6 Å². The van der Waals surface area contributed by atoms with Gasteiger partial charge in [0.1, 0.15) is 11.9 Å². The van der Waals surface area contributed by atoms with Crippen LogP contribution in [0.15, 0.2) is 54.7 Å². The van der Waals surface area contributed by atoms with E-state index in [0.717, 1.165) is 30.5 Å². The first kappa shape index (κ1) is 27.0. The Morgan fingerprint density at radius 2 is 1.80 bits per heavy atom. The van der Waals surface area contributed by atoms with Gasteiger partial charge >= 0.3 is 0 Å². The summed E-state index contributed by atoms with van der Waals surface area (Å²) in [6, 6.07) is 12.6. The van der Waals surface area contributed by atoms with E-state index in [4.69, 9.17) is 0 Å². The lowest BCUT2D eigenvalue weighted by atomic mass is 9.96. The molecule has 2 aromatic carbocycles. The summed E-state index contributed by atoms with van der Waals surface area (Å²) >= 11 is 0. The summed E-state index contributed by atoms with van der Waals surface area (Å²) in [5, 5.41) is 5.85. The number of fused-ring (bicyclic) bond motifs is 1. The van der Waals surface area contributed by atoms with E-state index < -0.39 is 17.8 Å². The van der Waals surface area contributed by atoms with Crippen LogP contribution in [0.4, 0.5) is 14.6 Å². The molecule has 6 rings (SSSR count). The quantitative estimate of drug-likeness (QED) is 0.428. The molecule has 2 saturated heterocycles. The summed E-state index contributed by atoms with van der Waals surface area (Å²) in [4.78, 5) is 44.5. The molecule has 8 nitrogen and oxygen atoms in total. The number of hydrogen-bond acceptors (Lipinski definition) is 6. The fraction of sp³-hybridized carbons (Fsp3) is 0.355. The van der Waals surface area contributed by atoms with E-state index in [0.29, 0.717) is 61.0 Å². The smallest absolute Gasteiger partial charge is 0.255 e. The molecule has 0 aliphatic carbocycles. The molecule has 3 aliphatic heterocycles. The maximum Gasteiger partial charge on any atom is 0.255 e. The van der Waals surface area contributed by atoms with Gasteiger partial charge in [-0.25, -0.2) is 13.8 Å². The Bertz CT molecular complexity index is 1500. The summed E-state index contributed by atoms with van der Waals surface area (Å²) in [7, 11) is 0. The van der Waals surface area contributed by atoms with Crippen molar-refractivity contribution in [1.82, 2.24) is 20.5 Å². The highest BCUT2D eigenvalue weighted by Gasteiger charge is 2.39. The predicted molar refractivity (Wildman–Crippen MR) is 149 cm³/mol. The van der Waals surface area contributed by atoms with E-state index in [1.807, 2.05) is 23.1 Å². The number of anilines is 1. The Kier molecular flexibility index (Phi) is 7.49. The van der Waals surface area contributed by atoms with Crippen molar-refractivity contribution in [2.24, 2.45) is 5.92 Å². The molecule has 212 valence electrons. The lowest BCUT2D eigenvalue weighted by Crippen LogP contribution is -2.52. The summed E-state index contributed by atoms with van der Waals surface area (Å²) in [6.07, 6.45) is 3.98. The first-order chi connectivity index (χ1) is 19.9. The standard InChI is InChI=1S/C31H31F2N5O3/c32-24-3-1-2-21(13-24)22-14-26(33)29(35-17-22)37-10-8-19(9-11-37)15-34-16-20-4-5-25-23(12-20)18-38(31(25)41)27-6-7-28(39)36-30(27)40/h1-5,12-14,17,19,27,34H,6-11,15-16,18H2,(H,36,39,40). The van der Waals surface area contributed by atoms with E-state index >= 15 is 0 Å². The average molecular weight is 560 g/mol. The van der Waals surface area contributed by atoms with Crippen molar-refractivity contribution in [3.63, 3.8) is 0 Å². The molecule has 3 aromatic rings. The maximum absolute atomic E-state index is 14.9. The number of carbonyl (C=O) groups excluding carboxylic acids is 3. The average Bonchev–Trinajstić information content (AvgIpc) is 3.28. The van der Waals surface area contributed by atoms with E-state index in [1.54, 1.807) is 23.2 Å². The molecule has 4 heterocycles. The van der Waals surface area contributed by atoms with Crippen LogP contribution in [0.25, 0.3) is 11.1 Å². The van der Waals surface area contributed by atoms with Crippen molar-refractivity contribution in [3.05, 3.63) is 83.1 Å². The third-order valence-corrected chi connectivity index (χ3v) is 8.24. The second-order valence-electron chi connectivity index (χ2n) is 11.0. The van der Waals surface area contributed by atoms with Gasteiger partial charge in [0, 0.05) is 49.9 Å². The van der Waals surface area contributed by atoms with Crippen LogP contribution in [0.1, 0.15) is 47.2 Å². The molecule has 3 amide bonds. The molecule has 1 atom stereocenters. The molecule has 0 bridgehead atoms. The highest BCUT2D eigenvalue weighted by Crippen LogP contribution is 2.29. The lowest BCUT2D eigenvalue weighted by molar-refractivity contribution is -0.136. The van der Waals surface area contributed by atoms with Gasteiger partial charge in [0.25, 0.3) is 5.91 Å². The zero-order chi connectivity index (χ0) is 28.5. The van der Waals surface area contributed by atoms with Gasteiger partial charge in [0.15, 0.2) is 11.6 Å². The van der Waals surface area contributed by atoms with E-state index in [9.17, 15) is 23.2 Å². The van der Waals surface area contributed by atoms with Crippen LogP contribution in [0.5, 0.6) is 0 Å². The number of piperidine rings is 2. The minimum absolute atomic E-state index is 0.171. The number of carbonyl (C=O) groups is 3. The lowest BCUT2D eigenvalue weighted by Gasteiger charge is -2.33. The number of hydrogen-bond donors (Lipinski definition) is 2. The SMILES string of the molecule is O=C1CCC(N2Cc3cc(CNCC4CCN(c5ncc(-c6cccc(F)c6)cc5F)CC4)ccc3C2=O)C(=O)N1. The summed E-state index contributed by atoms with van der Waals surface area (Å²) in [6.45, 7) is 3.23. The number of nitrogens with zero attached hydrogens (tertiary/aromatic N) is 3. The minimum Gasteiger partial charge on any atom is -0.354 e. The number of imide groups is 1. The molecule has 10 heteroatoms. The Morgan fingerprint density at radius 1 is 0.976 bits per heavy atom. The van der Waals surface area contributed by atoms with Gasteiger partial charge in [-0.15, -0.1) is 0 Å². The normalized spacial score (nSPS) is 19.5. The fourth-order valence-corrected chi connectivity index (χ4v) is 6.00. The number of benzene rings is 2. The van der Waals surface area contributed by atoms with Gasteiger partial charge in [0.05, 0.1) is 0 Å². The van der Waals surface area contributed by atoms with Crippen molar-refractivity contribution >= 4 is 23.5 Å². The zero-order valence-electron chi connectivity index (χ0n) is 22.5. The van der Waals surface area contributed by atoms with E-state index in [-0.39, 0.29) is 24.1 Å². The van der Waals surface area contributed by atoms with Gasteiger partial charge in [0.2, 0.25) is 11.8 Å². The largest absolute Gasteiger partial charge is 0.354 e. The molecule has 3 aliphatic rings. The number of pyridine rings is 1. The molecule has 1 unspecified atom stereocenters. The predicted octanol–water partition coefficient (Wildman–Crippen LogP) is 3.79. The fourth-order valence-electron chi connectivity index (χ4n) is 6.00. The number of nitrogens with one attached hydrogen (secondary N) is 2. The van der Waals surface area contributed by atoms with Crippen LogP contribution >= 0.6 is 0 Å². The summed E-state index contributed by atoms with van der Waals surface area (Å²) in [5.74, 6) is -0.880. The Balaban J connectivity index is 0.989. The van der Waals surface area contributed by atoms with Gasteiger partial charge in [-0.1, -0.05) is 24.3 Å². The molecule has 41 heavy (non-hydrogen) atoms. The molecule has 1 aromatic heterocycles. The van der Waals surface area contributed by atoms with E-state index in [1.165, 1.54) is 18.2 Å². The molecular weight excluding hydrogens is 528 g/mol. The van der Waals surface area contributed by atoms with Crippen LogP contribution in [0, 0.1) is 17.6 Å². The monoisotopic (exact) mass is 559 g/mol. The van der Waals surface area contributed by atoms with Crippen molar-refractivity contribution in [3.8, 4) is 11.1 Å². The summed E-state index contributed by atoms with van der Waals surface area (Å²) in [5.41, 5.74) is 3.70. The Labute approximate surface area is 236 Å². The Hall–Kier alpha value is -4.18. The molecule has 2 N–H and O–H groups in total. The molecule has 0 radical (unpaired) electrons. The van der Waals surface area contributed by atoms with Crippen LogP contribution in [-0.4, -0.2) is 53.3 Å². The van der Waals surface area contributed by atoms with Crippen molar-refractivity contribution < 1.29 is 23.2 Å². The van der Waals surface area contributed by atoms with Gasteiger partial charge in [-0.05, 0) is 72.7 Å². The molecular formula is C31H31F2N5O3. The van der Waals surface area contributed by atoms with Crippen LogP contribution in [-0.2, 0) is 22.7 Å². The third kappa shape index (κ3) is 5.69. The second-order valence-corrected chi connectivity index (χ2v) is 11.0. The highest BCUT2D eigenvalue weighted by atomic mass is 19.1. The number of rotatable bonds is 7. The van der Waals surface area contributed by atoms with Crippen LogP contribution in [0.3, 0.4) is 0 Å². The zero-order valence-corrected chi connectivity index (χ0v) is 22.5. The van der Waals surface area contributed by atoms with Crippen molar-refractivity contribution in [2.45, 2.75) is 44.8 Å². The van der Waals surface area contributed by atoms with Crippen LogP contribution in [0.2, 0.25) is 0 Å². The van der Waals surface area contributed by atoms with Gasteiger partial charge < -0.3 is 15.1 Å². The van der Waals surface area contributed by atoms with Crippen molar-refractivity contribution in [1.29, 1.82) is 0 Å². The van der Waals surface area contributed by atoms with Gasteiger partial charge in [-0.3, -0.25) is 19.7 Å². The van der Waals surface area contributed by atoms with Gasteiger partial charge in [-0.2, -0.15) is 0 Å². The maximum atomic E-state index is 14.9. The first-order valence-corrected chi connectivity index (χ1v) is 14.0. The molecule has 2 fully saturated rings. The number of aromatic nitrogens is 1. The number of halogens is 2. The Morgan fingerprint density at radius 3 is 2.56 bits per heavy atom. The first-order valence-electron chi connectivity index (χ1n) is 14.0. The van der Waals surface area contributed by atoms with Crippen molar-refractivity contribution in [2.75, 3.05) is 24.5 Å². The molecule has 0 spiro atoms. The highest BCUT2D eigenvalue weighted by molar-refractivity contribution is 6.05. The topological polar surface area (TPSA) is 94.6 Å². The minimum atomic E-state index is -0.616. The van der Waals surface area contributed by atoms with Crippen LogP contribution < -0.4 is 15.5 Å². The third-order valence-electron chi connectivity index (χ3n) is 8.24. The summed E-state index contributed by atoms with van der Waals surface area (Å²) < 4.78 is 28.5.